The van der Waals surface area contributed by atoms with Crippen LogP contribution in [-0.2, 0) is 6.54 Å². The Bertz CT molecular complexity index is 685. The molecule has 0 atom stereocenters. The fourth-order valence-corrected chi connectivity index (χ4v) is 2.36. The van der Waals surface area contributed by atoms with Crippen molar-refractivity contribution < 1.29 is 18.0 Å². The highest BCUT2D eigenvalue weighted by Gasteiger charge is 2.16. The van der Waals surface area contributed by atoms with Gasteiger partial charge in [-0.25, -0.2) is 13.2 Å². The summed E-state index contributed by atoms with van der Waals surface area (Å²) in [5.41, 5.74) is -0.105. The van der Waals surface area contributed by atoms with Gasteiger partial charge in [-0.1, -0.05) is 6.92 Å². The van der Waals surface area contributed by atoms with Gasteiger partial charge >= 0.3 is 0 Å². The molecule has 2 rings (SSSR count). The van der Waals surface area contributed by atoms with Gasteiger partial charge in [-0.15, -0.1) is 0 Å². The Hall–Kier alpha value is -1.76. The van der Waals surface area contributed by atoms with Gasteiger partial charge in [0.05, 0.1) is 5.69 Å². The Balaban J connectivity index is 2.28. The van der Waals surface area contributed by atoms with Crippen LogP contribution in [0.1, 0.15) is 23.8 Å². The lowest BCUT2D eigenvalue weighted by Crippen LogP contribution is -2.17. The molecule has 1 aromatic carbocycles. The zero-order valence-electron chi connectivity index (χ0n) is 11.1. The molecule has 1 aromatic heterocycles. The molecule has 0 spiro atoms. The van der Waals surface area contributed by atoms with Crippen LogP contribution in [0.4, 0.5) is 18.9 Å². The van der Waals surface area contributed by atoms with E-state index in [2.05, 4.69) is 21.2 Å². The summed E-state index contributed by atoms with van der Waals surface area (Å²) < 4.78 is 41.9. The van der Waals surface area contributed by atoms with Gasteiger partial charge in [-0.05, 0) is 28.4 Å². The predicted molar refractivity (Wildman–Crippen MR) is 76.7 cm³/mol. The average Bonchev–Trinajstić information content (AvgIpc) is 2.77. The Morgan fingerprint density at radius 3 is 2.52 bits per heavy atom. The molecule has 1 heterocycles. The van der Waals surface area contributed by atoms with Crippen LogP contribution in [-0.4, -0.2) is 10.5 Å². The van der Waals surface area contributed by atoms with Crippen LogP contribution in [0.25, 0.3) is 0 Å². The zero-order chi connectivity index (χ0) is 15.6. The molecule has 0 unspecified atom stereocenters. The summed E-state index contributed by atoms with van der Waals surface area (Å²) in [6.07, 6.45) is 2.53. The number of carbonyl (C=O) groups excluding carboxylic acids is 1. The van der Waals surface area contributed by atoms with Crippen molar-refractivity contribution in [3.8, 4) is 0 Å². The van der Waals surface area contributed by atoms with Crippen LogP contribution in [0, 0.1) is 17.5 Å². The largest absolute Gasteiger partial charge is 0.342 e. The SMILES string of the molecule is CCCn1cc(Br)cc1C(=O)Nc1cc(F)c(F)cc1F. The molecule has 2 aromatic rings. The Morgan fingerprint density at radius 1 is 1.19 bits per heavy atom. The second-order valence-corrected chi connectivity index (χ2v) is 5.35. The van der Waals surface area contributed by atoms with Gasteiger partial charge in [0.1, 0.15) is 11.5 Å². The fraction of sp³-hybridized carbons (Fsp3) is 0.214. The van der Waals surface area contributed by atoms with E-state index in [1.165, 1.54) is 0 Å². The molecule has 0 fully saturated rings. The molecule has 0 saturated heterocycles. The van der Waals surface area contributed by atoms with E-state index >= 15 is 0 Å². The number of carbonyl (C=O) groups is 1. The van der Waals surface area contributed by atoms with E-state index < -0.39 is 29.0 Å². The van der Waals surface area contributed by atoms with Crippen molar-refractivity contribution >= 4 is 27.5 Å². The highest BCUT2D eigenvalue weighted by atomic mass is 79.9. The lowest BCUT2D eigenvalue weighted by Gasteiger charge is -2.09. The molecule has 0 bridgehead atoms. The molecular formula is C14H12BrF3N2O. The molecule has 21 heavy (non-hydrogen) atoms. The van der Waals surface area contributed by atoms with Crippen molar-refractivity contribution in [1.29, 1.82) is 0 Å². The van der Waals surface area contributed by atoms with E-state index in [0.29, 0.717) is 28.8 Å². The smallest absolute Gasteiger partial charge is 0.272 e. The summed E-state index contributed by atoms with van der Waals surface area (Å²) in [6, 6.07) is 2.58. The number of aryl methyl sites for hydroxylation is 1. The third-order valence-electron chi connectivity index (χ3n) is 2.82. The first-order valence-corrected chi connectivity index (χ1v) is 7.03. The molecule has 7 heteroatoms. The number of hydrogen-bond acceptors (Lipinski definition) is 1. The van der Waals surface area contributed by atoms with Gasteiger partial charge in [-0.3, -0.25) is 4.79 Å². The van der Waals surface area contributed by atoms with Gasteiger partial charge in [-0.2, -0.15) is 0 Å². The molecule has 3 nitrogen and oxygen atoms in total. The lowest BCUT2D eigenvalue weighted by molar-refractivity contribution is 0.101. The van der Waals surface area contributed by atoms with E-state index in [0.717, 1.165) is 6.42 Å². The van der Waals surface area contributed by atoms with Crippen LogP contribution in [0.15, 0.2) is 28.9 Å². The van der Waals surface area contributed by atoms with Crippen LogP contribution in [0.3, 0.4) is 0 Å². The van der Waals surface area contributed by atoms with E-state index in [9.17, 15) is 18.0 Å². The minimum Gasteiger partial charge on any atom is -0.342 e. The highest BCUT2D eigenvalue weighted by Crippen LogP contribution is 2.21. The number of rotatable bonds is 4. The Labute approximate surface area is 127 Å². The van der Waals surface area contributed by atoms with Crippen molar-refractivity contribution in [1.82, 2.24) is 4.57 Å². The summed E-state index contributed by atoms with van der Waals surface area (Å²) in [4.78, 5) is 12.1. The fourth-order valence-electron chi connectivity index (χ4n) is 1.90. The van der Waals surface area contributed by atoms with Crippen molar-refractivity contribution in [2.75, 3.05) is 5.32 Å². The van der Waals surface area contributed by atoms with Crippen LogP contribution in [0.5, 0.6) is 0 Å². The summed E-state index contributed by atoms with van der Waals surface area (Å²) in [5, 5.41) is 2.24. The minimum absolute atomic E-state index is 0.299. The van der Waals surface area contributed by atoms with Gasteiger partial charge < -0.3 is 9.88 Å². The normalized spacial score (nSPS) is 10.7. The third-order valence-corrected chi connectivity index (χ3v) is 3.25. The van der Waals surface area contributed by atoms with Crippen molar-refractivity contribution in [3.05, 3.63) is 52.0 Å². The topological polar surface area (TPSA) is 34.0 Å². The number of hydrogen-bond donors (Lipinski definition) is 1. The maximum absolute atomic E-state index is 13.5. The number of halogens is 4. The van der Waals surface area contributed by atoms with E-state index in [1.54, 1.807) is 16.8 Å². The molecule has 0 aliphatic heterocycles. The monoisotopic (exact) mass is 360 g/mol. The third kappa shape index (κ3) is 3.47. The summed E-state index contributed by atoms with van der Waals surface area (Å²) in [7, 11) is 0. The molecule has 1 N–H and O–H groups in total. The molecule has 1 amide bonds. The summed E-state index contributed by atoms with van der Waals surface area (Å²) in [6.45, 7) is 2.55. The Kier molecular flexibility index (Phi) is 4.72. The van der Waals surface area contributed by atoms with Crippen molar-refractivity contribution in [2.24, 2.45) is 0 Å². The maximum Gasteiger partial charge on any atom is 0.272 e. The molecular weight excluding hydrogens is 349 g/mol. The number of nitrogens with one attached hydrogen (secondary N) is 1. The minimum atomic E-state index is -1.30. The highest BCUT2D eigenvalue weighted by molar-refractivity contribution is 9.10. The van der Waals surface area contributed by atoms with Crippen LogP contribution < -0.4 is 5.32 Å². The van der Waals surface area contributed by atoms with Crippen LogP contribution >= 0.6 is 15.9 Å². The number of nitrogens with zero attached hydrogens (tertiary/aromatic N) is 1. The maximum atomic E-state index is 13.5. The standard InChI is InChI=1S/C14H12BrF3N2O/c1-2-3-20-7-8(15)4-13(20)14(21)19-12-6-10(17)9(16)5-11(12)18/h4-7H,2-3H2,1H3,(H,19,21). The number of amides is 1. The van der Waals surface area contributed by atoms with E-state index in [-0.39, 0.29) is 0 Å². The molecule has 0 aliphatic rings. The zero-order valence-corrected chi connectivity index (χ0v) is 12.7. The van der Waals surface area contributed by atoms with Gasteiger partial charge in [0, 0.05) is 29.3 Å². The lowest BCUT2D eigenvalue weighted by atomic mass is 10.2. The summed E-state index contributed by atoms with van der Waals surface area (Å²) in [5.74, 6) is -4.16. The van der Waals surface area contributed by atoms with Gasteiger partial charge in [0.15, 0.2) is 11.6 Å². The summed E-state index contributed by atoms with van der Waals surface area (Å²) >= 11 is 3.26. The molecule has 112 valence electrons. The molecule has 0 radical (unpaired) electrons. The first kappa shape index (κ1) is 15.6. The van der Waals surface area contributed by atoms with Crippen molar-refractivity contribution in [3.63, 3.8) is 0 Å². The average molecular weight is 361 g/mol. The first-order valence-electron chi connectivity index (χ1n) is 6.24. The van der Waals surface area contributed by atoms with Crippen LogP contribution in [0.2, 0.25) is 0 Å². The van der Waals surface area contributed by atoms with Crippen molar-refractivity contribution in [2.45, 2.75) is 19.9 Å². The Morgan fingerprint density at radius 2 is 1.86 bits per heavy atom. The quantitative estimate of drug-likeness (QED) is 0.809. The number of benzene rings is 1. The second-order valence-electron chi connectivity index (χ2n) is 4.44. The second kappa shape index (κ2) is 6.34. The van der Waals surface area contributed by atoms with Gasteiger partial charge in [0.25, 0.3) is 5.91 Å². The van der Waals surface area contributed by atoms with E-state index in [1.807, 2.05) is 6.92 Å². The first-order chi connectivity index (χ1) is 9.92. The van der Waals surface area contributed by atoms with E-state index in [4.69, 9.17) is 0 Å². The van der Waals surface area contributed by atoms with Gasteiger partial charge in [0.2, 0.25) is 0 Å². The predicted octanol–water partition coefficient (Wildman–Crippen LogP) is 4.33. The number of aromatic nitrogens is 1. The molecule has 0 saturated carbocycles. The number of anilines is 1. The molecule has 0 aliphatic carbocycles.